The number of thiazole rings is 1. The first-order valence-corrected chi connectivity index (χ1v) is 12.3. The van der Waals surface area contributed by atoms with Crippen LogP contribution in [0, 0.1) is 5.82 Å². The number of urea groups is 1. The second-order valence-corrected chi connectivity index (χ2v) is 10.6. The van der Waals surface area contributed by atoms with Crippen molar-refractivity contribution in [2.45, 2.75) is 38.3 Å². The van der Waals surface area contributed by atoms with Gasteiger partial charge in [-0.1, -0.05) is 11.6 Å². The Labute approximate surface area is 218 Å². The van der Waals surface area contributed by atoms with Gasteiger partial charge in [0.1, 0.15) is 16.9 Å². The number of piperidine rings is 1. The molecule has 0 spiro atoms. The number of carbonyl (C=O) groups is 5. The molecule has 2 aromatic carbocycles. The third-order valence-electron chi connectivity index (χ3n) is 6.09. The molecule has 190 valence electrons. The van der Waals surface area contributed by atoms with Gasteiger partial charge in [-0.15, -0.1) is 11.3 Å². The summed E-state index contributed by atoms with van der Waals surface area (Å²) in [7, 11) is 0. The molecule has 0 saturated carbocycles. The highest BCUT2D eigenvalue weighted by Gasteiger charge is 2.44. The van der Waals surface area contributed by atoms with Gasteiger partial charge in [0, 0.05) is 12.1 Å². The minimum Gasteiger partial charge on any atom is -0.326 e. The van der Waals surface area contributed by atoms with E-state index in [1.165, 1.54) is 41.7 Å². The van der Waals surface area contributed by atoms with Crippen LogP contribution < -0.4 is 16.0 Å². The number of nitrogens with zero attached hydrogens (tertiary/aromatic N) is 2. The Kier molecular flexibility index (Phi) is 5.95. The number of hydrogen-bond acceptors (Lipinski definition) is 7. The molecule has 0 aliphatic carbocycles. The van der Waals surface area contributed by atoms with Gasteiger partial charge in [0.05, 0.1) is 31.9 Å². The molecule has 37 heavy (non-hydrogen) atoms. The molecule has 10 nitrogen and oxygen atoms in total. The molecule has 2 aliphatic heterocycles. The van der Waals surface area contributed by atoms with Crippen LogP contribution in [0.15, 0.2) is 30.3 Å². The lowest BCUT2D eigenvalue weighted by Gasteiger charge is -2.27. The lowest BCUT2D eigenvalue weighted by Crippen LogP contribution is -2.54. The lowest BCUT2D eigenvalue weighted by molar-refractivity contribution is -0.136. The van der Waals surface area contributed by atoms with Gasteiger partial charge in [-0.25, -0.2) is 14.2 Å². The highest BCUT2D eigenvalue weighted by molar-refractivity contribution is 7.18. The summed E-state index contributed by atoms with van der Waals surface area (Å²) in [6, 6.07) is 5.24. The molecule has 1 aromatic heterocycles. The predicted molar refractivity (Wildman–Crippen MR) is 133 cm³/mol. The number of amides is 6. The number of aromatic nitrogens is 1. The molecule has 3 aromatic rings. The number of hydrogen-bond donors (Lipinski definition) is 3. The standard InChI is InChI=1S/C24H19ClFN5O5S/c1-24(2,22-28-15-8-13(25)14(26)9-17(15)37-22)30-23(36)27-10-3-4-11-12(7-10)21(35)31(20(11)34)16-5-6-18(32)29-19(16)33/h3-4,7-9,16H,5-6H2,1-2H3,(H2,27,30,36)(H,29,32,33). The summed E-state index contributed by atoms with van der Waals surface area (Å²) in [5.41, 5.74) is -0.0549. The van der Waals surface area contributed by atoms with Gasteiger partial charge in [0.15, 0.2) is 0 Å². The number of imide groups is 2. The molecule has 13 heteroatoms. The Bertz CT molecular complexity index is 1500. The number of benzene rings is 2. The van der Waals surface area contributed by atoms with E-state index < -0.39 is 47.1 Å². The maximum Gasteiger partial charge on any atom is 0.319 e. The highest BCUT2D eigenvalue weighted by Crippen LogP contribution is 2.33. The average molecular weight is 544 g/mol. The monoisotopic (exact) mass is 543 g/mol. The highest BCUT2D eigenvalue weighted by atomic mass is 35.5. The van der Waals surface area contributed by atoms with Gasteiger partial charge < -0.3 is 10.6 Å². The molecule has 6 amide bonds. The third-order valence-corrected chi connectivity index (χ3v) is 7.72. The van der Waals surface area contributed by atoms with Gasteiger partial charge >= 0.3 is 6.03 Å². The topological polar surface area (TPSA) is 138 Å². The summed E-state index contributed by atoms with van der Waals surface area (Å²) in [4.78, 5) is 67.6. The molecule has 1 fully saturated rings. The van der Waals surface area contributed by atoms with Gasteiger partial charge in [-0.3, -0.25) is 29.4 Å². The molecular weight excluding hydrogens is 525 g/mol. The Hall–Kier alpha value is -3.90. The zero-order valence-electron chi connectivity index (χ0n) is 19.5. The predicted octanol–water partition coefficient (Wildman–Crippen LogP) is 3.55. The van der Waals surface area contributed by atoms with Crippen molar-refractivity contribution in [3.05, 3.63) is 57.3 Å². The van der Waals surface area contributed by atoms with E-state index in [1.54, 1.807) is 13.8 Å². The van der Waals surface area contributed by atoms with Crippen LogP contribution in [-0.4, -0.2) is 45.6 Å². The molecular formula is C24H19ClFN5O5S. The maximum absolute atomic E-state index is 13.8. The van der Waals surface area contributed by atoms with Crippen LogP contribution in [-0.2, 0) is 15.1 Å². The van der Waals surface area contributed by atoms with E-state index >= 15 is 0 Å². The fraction of sp³-hybridized carbons (Fsp3) is 0.250. The second-order valence-electron chi connectivity index (χ2n) is 9.16. The van der Waals surface area contributed by atoms with E-state index in [2.05, 4.69) is 20.9 Å². The molecule has 0 radical (unpaired) electrons. The van der Waals surface area contributed by atoms with Gasteiger partial charge in [0.25, 0.3) is 11.8 Å². The van der Waals surface area contributed by atoms with Gasteiger partial charge in [-0.05, 0) is 50.6 Å². The minimum absolute atomic E-state index is 0.0171. The summed E-state index contributed by atoms with van der Waals surface area (Å²) in [6.07, 6.45) is 0.0621. The van der Waals surface area contributed by atoms with Crippen molar-refractivity contribution in [2.24, 2.45) is 0 Å². The van der Waals surface area contributed by atoms with Crippen molar-refractivity contribution < 1.29 is 28.4 Å². The van der Waals surface area contributed by atoms with E-state index in [4.69, 9.17) is 11.6 Å². The van der Waals surface area contributed by atoms with E-state index in [0.717, 1.165) is 4.90 Å². The molecule has 3 heterocycles. The SMILES string of the molecule is CC(C)(NC(=O)Nc1ccc2c(c1)C(=O)N(C1CCC(=O)NC1=O)C2=O)c1nc2cc(Cl)c(F)cc2s1. The lowest BCUT2D eigenvalue weighted by atomic mass is 10.0. The summed E-state index contributed by atoms with van der Waals surface area (Å²) >= 11 is 7.05. The van der Waals surface area contributed by atoms with Crippen LogP contribution in [0.25, 0.3) is 10.2 Å². The number of nitrogens with one attached hydrogen (secondary N) is 3. The Morgan fingerprint density at radius 2 is 1.89 bits per heavy atom. The van der Waals surface area contributed by atoms with Crippen LogP contribution in [0.4, 0.5) is 14.9 Å². The zero-order valence-corrected chi connectivity index (χ0v) is 21.1. The number of rotatable bonds is 4. The first kappa shape index (κ1) is 24.8. The summed E-state index contributed by atoms with van der Waals surface area (Å²) in [5, 5.41) is 8.04. The Morgan fingerprint density at radius 3 is 2.62 bits per heavy atom. The Balaban J connectivity index is 1.31. The normalized spacial score (nSPS) is 17.7. The first-order chi connectivity index (χ1) is 17.4. The number of fused-ring (bicyclic) bond motifs is 2. The summed E-state index contributed by atoms with van der Waals surface area (Å²) < 4.78 is 14.4. The maximum atomic E-state index is 13.8. The smallest absolute Gasteiger partial charge is 0.319 e. The molecule has 3 N–H and O–H groups in total. The average Bonchev–Trinajstić information content (AvgIpc) is 3.33. The van der Waals surface area contributed by atoms with E-state index in [0.29, 0.717) is 15.2 Å². The van der Waals surface area contributed by atoms with Gasteiger partial charge in [-0.2, -0.15) is 0 Å². The van der Waals surface area contributed by atoms with E-state index in [1.807, 2.05) is 0 Å². The third kappa shape index (κ3) is 4.42. The Morgan fingerprint density at radius 1 is 1.16 bits per heavy atom. The van der Waals surface area contributed by atoms with Crippen LogP contribution >= 0.6 is 22.9 Å². The molecule has 1 unspecified atom stereocenters. The molecule has 0 bridgehead atoms. The van der Waals surface area contributed by atoms with Crippen LogP contribution in [0.5, 0.6) is 0 Å². The first-order valence-electron chi connectivity index (χ1n) is 11.2. The number of halogens is 2. The van der Waals surface area contributed by atoms with Crippen molar-refractivity contribution in [3.8, 4) is 0 Å². The molecule has 1 saturated heterocycles. The van der Waals surface area contributed by atoms with E-state index in [9.17, 15) is 28.4 Å². The quantitative estimate of drug-likeness (QED) is 0.430. The second kappa shape index (κ2) is 8.89. The van der Waals surface area contributed by atoms with Crippen molar-refractivity contribution >= 4 is 68.5 Å². The van der Waals surface area contributed by atoms with Crippen LogP contribution in [0.1, 0.15) is 52.4 Å². The largest absolute Gasteiger partial charge is 0.326 e. The fourth-order valence-corrected chi connectivity index (χ4v) is 5.43. The number of anilines is 1. The van der Waals surface area contributed by atoms with Gasteiger partial charge in [0.2, 0.25) is 11.8 Å². The van der Waals surface area contributed by atoms with Crippen LogP contribution in [0.2, 0.25) is 5.02 Å². The minimum atomic E-state index is -1.08. The summed E-state index contributed by atoms with van der Waals surface area (Å²) in [6.45, 7) is 3.45. The number of carbonyl (C=O) groups excluding carboxylic acids is 5. The van der Waals surface area contributed by atoms with Crippen LogP contribution in [0.3, 0.4) is 0 Å². The molecule has 2 aliphatic rings. The fourth-order valence-electron chi connectivity index (χ4n) is 4.24. The summed E-state index contributed by atoms with van der Waals surface area (Å²) in [5.74, 6) is -3.04. The van der Waals surface area contributed by atoms with E-state index in [-0.39, 0.29) is 34.7 Å². The van der Waals surface area contributed by atoms with Crippen molar-refractivity contribution in [1.29, 1.82) is 0 Å². The zero-order chi connectivity index (χ0) is 26.6. The van der Waals surface area contributed by atoms with Crippen molar-refractivity contribution in [3.63, 3.8) is 0 Å². The van der Waals surface area contributed by atoms with Crippen molar-refractivity contribution in [1.82, 2.24) is 20.5 Å². The molecule has 5 rings (SSSR count). The van der Waals surface area contributed by atoms with Crippen molar-refractivity contribution in [2.75, 3.05) is 5.32 Å². The molecule has 1 atom stereocenters.